The molecule has 1 nitrogen and oxygen atoms in total. The van der Waals surface area contributed by atoms with Gasteiger partial charge >= 0.3 is 0 Å². The number of ketones is 1. The van der Waals surface area contributed by atoms with E-state index < -0.39 is 8.07 Å². The molecule has 18 heavy (non-hydrogen) atoms. The fourth-order valence-corrected chi connectivity index (χ4v) is 8.37. The Kier molecular flexibility index (Phi) is 7.55. The molecule has 0 aromatic carbocycles. The second-order valence-electron chi connectivity index (χ2n) is 6.25. The molecule has 0 saturated carbocycles. The summed E-state index contributed by atoms with van der Waals surface area (Å²) < 4.78 is 0. The molecule has 0 unspecified atom stereocenters. The second kappa shape index (κ2) is 7.79. The molecule has 0 aliphatic carbocycles. The first-order valence-corrected chi connectivity index (χ1v) is 9.47. The van der Waals surface area contributed by atoms with Crippen molar-refractivity contribution < 1.29 is 4.79 Å². The third kappa shape index (κ3) is 4.61. The zero-order valence-corrected chi connectivity index (χ0v) is 14.3. The predicted octanol–water partition coefficient (Wildman–Crippen LogP) is 4.97. The summed E-state index contributed by atoms with van der Waals surface area (Å²) in [6.45, 7) is 15.6. The Balaban J connectivity index is 4.80. The maximum Gasteiger partial charge on any atom is 0.145 e. The van der Waals surface area contributed by atoms with E-state index in [4.69, 9.17) is 0 Å². The molecule has 0 aliphatic heterocycles. The van der Waals surface area contributed by atoms with Gasteiger partial charge in [-0.25, -0.2) is 0 Å². The van der Waals surface area contributed by atoms with Crippen molar-refractivity contribution >= 4 is 13.9 Å². The SMILES string of the molecule is CC(=O)CCCC#C[Si](C(C)C)(C(C)C)C(C)C. The summed E-state index contributed by atoms with van der Waals surface area (Å²) in [6, 6.07) is 0. The predicted molar refractivity (Wildman–Crippen MR) is 83.4 cm³/mol. The molecule has 0 atom stereocenters. The maximum atomic E-state index is 10.9. The minimum Gasteiger partial charge on any atom is -0.300 e. The molecule has 0 bridgehead atoms. The lowest BCUT2D eigenvalue weighted by Crippen LogP contribution is -2.43. The Labute approximate surface area is 115 Å². The van der Waals surface area contributed by atoms with E-state index in [9.17, 15) is 4.79 Å². The topological polar surface area (TPSA) is 17.1 Å². The lowest BCUT2D eigenvalue weighted by Gasteiger charge is -2.38. The zero-order valence-electron chi connectivity index (χ0n) is 13.3. The van der Waals surface area contributed by atoms with E-state index >= 15 is 0 Å². The van der Waals surface area contributed by atoms with Gasteiger partial charge in [0.1, 0.15) is 13.9 Å². The van der Waals surface area contributed by atoms with Crippen molar-refractivity contribution in [3.05, 3.63) is 0 Å². The molecule has 0 aromatic rings. The van der Waals surface area contributed by atoms with Gasteiger partial charge in [0.2, 0.25) is 0 Å². The van der Waals surface area contributed by atoms with Crippen LogP contribution < -0.4 is 0 Å². The van der Waals surface area contributed by atoms with Crippen molar-refractivity contribution in [3.63, 3.8) is 0 Å². The number of unbranched alkanes of at least 4 members (excludes halogenated alkanes) is 1. The normalized spacial score (nSPS) is 11.9. The zero-order chi connectivity index (χ0) is 14.3. The van der Waals surface area contributed by atoms with Gasteiger partial charge < -0.3 is 4.79 Å². The smallest absolute Gasteiger partial charge is 0.145 e. The van der Waals surface area contributed by atoms with Crippen LogP contribution in [0.4, 0.5) is 0 Å². The third-order valence-electron chi connectivity index (χ3n) is 4.00. The molecule has 2 heteroatoms. The number of carbonyl (C=O) groups excluding carboxylic acids is 1. The molecular weight excluding hydrogens is 236 g/mol. The fraction of sp³-hybridized carbons (Fsp3) is 0.812. The third-order valence-corrected chi connectivity index (χ3v) is 10.3. The van der Waals surface area contributed by atoms with Crippen molar-refractivity contribution in [3.8, 4) is 11.5 Å². The quantitative estimate of drug-likeness (QED) is 0.377. The van der Waals surface area contributed by atoms with Crippen LogP contribution in [0, 0.1) is 11.5 Å². The van der Waals surface area contributed by atoms with E-state index in [-0.39, 0.29) is 5.78 Å². The van der Waals surface area contributed by atoms with Gasteiger partial charge in [0, 0.05) is 12.8 Å². The van der Waals surface area contributed by atoms with E-state index in [1.54, 1.807) is 6.92 Å². The summed E-state index contributed by atoms with van der Waals surface area (Å²) in [4.78, 5) is 10.9. The number of hydrogen-bond donors (Lipinski definition) is 0. The van der Waals surface area contributed by atoms with Crippen LogP contribution in [-0.4, -0.2) is 13.9 Å². The maximum absolute atomic E-state index is 10.9. The van der Waals surface area contributed by atoms with Crippen LogP contribution >= 0.6 is 0 Å². The van der Waals surface area contributed by atoms with Gasteiger partial charge in [-0.2, -0.15) is 0 Å². The minimum atomic E-state index is -1.55. The lowest BCUT2D eigenvalue weighted by molar-refractivity contribution is -0.117. The van der Waals surface area contributed by atoms with Crippen molar-refractivity contribution in [2.75, 3.05) is 0 Å². The number of Topliss-reactive ketones (excluding diaryl/α,β-unsaturated/α-hetero) is 1. The molecule has 0 aliphatic rings. The summed E-state index contributed by atoms with van der Waals surface area (Å²) in [5.41, 5.74) is 5.76. The Morgan fingerprint density at radius 1 is 1.00 bits per heavy atom. The van der Waals surface area contributed by atoms with E-state index in [0.29, 0.717) is 23.0 Å². The average molecular weight is 267 g/mol. The van der Waals surface area contributed by atoms with Gasteiger partial charge in [-0.05, 0) is 30.0 Å². The summed E-state index contributed by atoms with van der Waals surface area (Å²) in [5, 5.41) is 0. The van der Waals surface area contributed by atoms with Crippen LogP contribution in [-0.2, 0) is 4.79 Å². The molecule has 0 spiro atoms. The molecule has 0 aromatic heterocycles. The molecular formula is C16H30OSi. The van der Waals surface area contributed by atoms with E-state index in [1.807, 2.05) is 0 Å². The van der Waals surface area contributed by atoms with Crippen molar-refractivity contribution in [2.45, 2.75) is 84.4 Å². The first-order valence-electron chi connectivity index (χ1n) is 7.24. The molecule has 0 radical (unpaired) electrons. The van der Waals surface area contributed by atoms with Crippen LogP contribution in [0.25, 0.3) is 0 Å². The Bertz CT molecular complexity index is 296. The molecule has 0 fully saturated rings. The number of rotatable bonds is 6. The summed E-state index contributed by atoms with van der Waals surface area (Å²) >= 11 is 0. The molecule has 0 heterocycles. The summed E-state index contributed by atoms with van der Waals surface area (Å²) in [7, 11) is -1.55. The highest BCUT2D eigenvalue weighted by Crippen LogP contribution is 2.40. The van der Waals surface area contributed by atoms with Gasteiger partial charge in [-0.3, -0.25) is 0 Å². The van der Waals surface area contributed by atoms with Crippen LogP contribution in [0.1, 0.15) is 67.7 Å². The monoisotopic (exact) mass is 266 g/mol. The van der Waals surface area contributed by atoms with Crippen LogP contribution in [0.2, 0.25) is 16.6 Å². The molecule has 0 saturated heterocycles. The summed E-state index contributed by atoms with van der Waals surface area (Å²) in [6.07, 6.45) is 2.47. The first kappa shape index (κ1) is 17.4. The van der Waals surface area contributed by atoms with E-state index in [2.05, 4.69) is 53.0 Å². The molecule has 0 rings (SSSR count). The highest BCUT2D eigenvalue weighted by Gasteiger charge is 2.41. The van der Waals surface area contributed by atoms with Gasteiger partial charge in [-0.1, -0.05) is 41.5 Å². The number of hydrogen-bond acceptors (Lipinski definition) is 1. The molecule has 104 valence electrons. The second-order valence-corrected chi connectivity index (χ2v) is 11.8. The van der Waals surface area contributed by atoms with Crippen molar-refractivity contribution in [1.29, 1.82) is 0 Å². The Hall–Kier alpha value is -0.553. The van der Waals surface area contributed by atoms with E-state index in [1.165, 1.54) is 0 Å². The number of carbonyl (C=O) groups is 1. The van der Waals surface area contributed by atoms with Crippen LogP contribution in [0.15, 0.2) is 0 Å². The highest BCUT2D eigenvalue weighted by atomic mass is 28.3. The highest BCUT2D eigenvalue weighted by molar-refractivity contribution is 6.90. The van der Waals surface area contributed by atoms with Crippen LogP contribution in [0.5, 0.6) is 0 Å². The van der Waals surface area contributed by atoms with Gasteiger partial charge in [-0.15, -0.1) is 11.5 Å². The average Bonchev–Trinajstić information content (AvgIpc) is 2.20. The summed E-state index contributed by atoms with van der Waals surface area (Å²) in [5.74, 6) is 3.66. The molecule has 0 N–H and O–H groups in total. The molecule has 0 amide bonds. The standard InChI is InChI=1S/C16H30OSi/c1-13(2)18(14(3)4,15(5)6)12-10-8-9-11-16(7)17/h13-15H,8-9,11H2,1-7H3. The van der Waals surface area contributed by atoms with Gasteiger partial charge in [0.05, 0.1) is 0 Å². The van der Waals surface area contributed by atoms with E-state index in [0.717, 1.165) is 12.8 Å². The Morgan fingerprint density at radius 2 is 1.44 bits per heavy atom. The van der Waals surface area contributed by atoms with Gasteiger partial charge in [0.15, 0.2) is 0 Å². The van der Waals surface area contributed by atoms with Crippen molar-refractivity contribution in [1.82, 2.24) is 0 Å². The lowest BCUT2D eigenvalue weighted by atomic mass is 10.2. The largest absolute Gasteiger partial charge is 0.300 e. The van der Waals surface area contributed by atoms with Crippen LogP contribution in [0.3, 0.4) is 0 Å². The van der Waals surface area contributed by atoms with Crippen molar-refractivity contribution in [2.24, 2.45) is 0 Å². The first-order chi connectivity index (χ1) is 8.25. The Morgan fingerprint density at radius 3 is 1.78 bits per heavy atom. The van der Waals surface area contributed by atoms with Gasteiger partial charge in [0.25, 0.3) is 0 Å². The minimum absolute atomic E-state index is 0.275. The fourth-order valence-electron chi connectivity index (χ4n) is 3.07.